The van der Waals surface area contributed by atoms with Crippen LogP contribution in [-0.2, 0) is 0 Å². The van der Waals surface area contributed by atoms with Crippen LogP contribution in [0.2, 0.25) is 0 Å². The second kappa shape index (κ2) is 2.51. The van der Waals surface area contributed by atoms with Crippen LogP contribution in [0.1, 0.15) is 0 Å². The molecular formula is C4H4N3OP. The molecule has 0 aromatic carbocycles. The van der Waals surface area contributed by atoms with Crippen molar-refractivity contribution in [2.45, 2.75) is 0 Å². The number of nitrogens with one attached hydrogen (secondary N) is 1. The molecule has 9 heavy (non-hydrogen) atoms. The Morgan fingerprint density at radius 1 is 1.78 bits per heavy atom. The van der Waals surface area contributed by atoms with Crippen LogP contribution in [0, 0.1) is 0 Å². The Morgan fingerprint density at radius 3 is 3.00 bits per heavy atom. The first kappa shape index (κ1) is 6.11. The Kier molecular flexibility index (Phi) is 1.70. The molecule has 0 bridgehead atoms. The summed E-state index contributed by atoms with van der Waals surface area (Å²) in [6, 6.07) is 1.51. The molecule has 0 radical (unpaired) electrons. The van der Waals surface area contributed by atoms with Crippen molar-refractivity contribution in [3.05, 3.63) is 22.6 Å². The maximum atomic E-state index is 10.6. The molecule has 1 aromatic heterocycles. The molecule has 4 nitrogen and oxygen atoms in total. The van der Waals surface area contributed by atoms with E-state index in [0.29, 0.717) is 5.69 Å². The van der Waals surface area contributed by atoms with E-state index in [1.54, 1.807) is 0 Å². The van der Waals surface area contributed by atoms with Crippen LogP contribution >= 0.6 is 9.03 Å². The summed E-state index contributed by atoms with van der Waals surface area (Å²) < 4.78 is 3.49. The van der Waals surface area contributed by atoms with Gasteiger partial charge in [0.1, 0.15) is 5.69 Å². The highest BCUT2D eigenvalue weighted by atomic mass is 31.0. The Hall–Kier alpha value is -1.02. The molecule has 0 aliphatic carbocycles. The summed E-state index contributed by atoms with van der Waals surface area (Å²) in [6.45, 7) is 0. The van der Waals surface area contributed by atoms with Gasteiger partial charge in [0.15, 0.2) is 0 Å². The lowest BCUT2D eigenvalue weighted by Crippen LogP contribution is -2.04. The first-order valence-corrected chi connectivity index (χ1v) is 2.70. The standard InChI is InChI=1S/C4H4N3OP/c8-4-3(7-9)1-2-5-6-4/h1-2,9H,(H,6,8). The van der Waals surface area contributed by atoms with Crippen molar-refractivity contribution in [2.75, 3.05) is 0 Å². The van der Waals surface area contributed by atoms with Crippen molar-refractivity contribution in [1.82, 2.24) is 10.2 Å². The number of aromatic nitrogens is 2. The maximum Gasteiger partial charge on any atom is 0.290 e. The van der Waals surface area contributed by atoms with Crippen LogP contribution in [-0.4, -0.2) is 10.2 Å². The Bertz CT molecular complexity index is 269. The number of nitrogens with zero attached hydrogens (tertiary/aromatic N) is 2. The van der Waals surface area contributed by atoms with E-state index in [2.05, 4.69) is 24.0 Å². The molecule has 1 aromatic rings. The van der Waals surface area contributed by atoms with Gasteiger partial charge in [-0.3, -0.25) is 4.79 Å². The molecule has 0 saturated carbocycles. The van der Waals surface area contributed by atoms with Gasteiger partial charge < -0.3 is 0 Å². The fourth-order valence-electron chi connectivity index (χ4n) is 0.425. The molecule has 0 amide bonds. The molecule has 0 atom stereocenters. The topological polar surface area (TPSA) is 58.1 Å². The molecule has 0 spiro atoms. The molecule has 0 aliphatic rings. The Morgan fingerprint density at radius 2 is 2.56 bits per heavy atom. The number of H-pyrrole nitrogens is 1. The van der Waals surface area contributed by atoms with Gasteiger partial charge in [0.2, 0.25) is 0 Å². The molecule has 1 N–H and O–H groups in total. The number of rotatable bonds is 1. The summed E-state index contributed by atoms with van der Waals surface area (Å²) in [7, 11) is 2.83. The summed E-state index contributed by atoms with van der Waals surface area (Å²) in [4.78, 5) is 10.6. The normalized spacial score (nSPS) is 8.89. The third-order valence-corrected chi connectivity index (χ3v) is 1.07. The van der Waals surface area contributed by atoms with Gasteiger partial charge in [-0.25, -0.2) is 9.84 Å². The van der Waals surface area contributed by atoms with Crippen LogP contribution in [0.15, 0.2) is 21.8 Å². The maximum absolute atomic E-state index is 10.6. The molecule has 0 fully saturated rings. The van der Waals surface area contributed by atoms with Gasteiger partial charge in [0, 0.05) is 6.20 Å². The predicted molar refractivity (Wildman–Crippen MR) is 35.3 cm³/mol. The van der Waals surface area contributed by atoms with Crippen LogP contribution in [0.5, 0.6) is 0 Å². The fourth-order valence-corrected chi connectivity index (χ4v) is 0.601. The number of hydrogen-bond acceptors (Lipinski definition) is 3. The first-order valence-electron chi connectivity index (χ1n) is 2.26. The Balaban J connectivity index is 3.32. The van der Waals surface area contributed by atoms with E-state index >= 15 is 0 Å². The minimum Gasteiger partial charge on any atom is -0.266 e. The smallest absolute Gasteiger partial charge is 0.266 e. The quantitative estimate of drug-likeness (QED) is 0.586. The summed E-state index contributed by atoms with van der Waals surface area (Å²) in [6.07, 6.45) is 1.46. The van der Waals surface area contributed by atoms with Crippen LogP contribution in [0.3, 0.4) is 0 Å². The molecule has 46 valence electrons. The summed E-state index contributed by atoms with van der Waals surface area (Å²) >= 11 is 0. The third kappa shape index (κ3) is 1.21. The van der Waals surface area contributed by atoms with E-state index in [4.69, 9.17) is 0 Å². The van der Waals surface area contributed by atoms with E-state index in [1.807, 2.05) is 0 Å². The van der Waals surface area contributed by atoms with Gasteiger partial charge >= 0.3 is 0 Å². The molecule has 0 unspecified atom stereocenters. The summed E-state index contributed by atoms with van der Waals surface area (Å²) in [5.74, 6) is 0. The minimum atomic E-state index is -0.299. The highest BCUT2D eigenvalue weighted by molar-refractivity contribution is 7.04. The van der Waals surface area contributed by atoms with Crippen molar-refractivity contribution in [3.63, 3.8) is 0 Å². The van der Waals surface area contributed by atoms with Crippen molar-refractivity contribution < 1.29 is 0 Å². The summed E-state index contributed by atoms with van der Waals surface area (Å²) in [5.41, 5.74) is 0.0224. The molecular weight excluding hydrogens is 137 g/mol. The SMILES string of the molecule is O=c1[nH]nccc1N=P. The van der Waals surface area contributed by atoms with E-state index < -0.39 is 0 Å². The van der Waals surface area contributed by atoms with Crippen LogP contribution in [0.4, 0.5) is 5.69 Å². The Labute approximate surface area is 53.2 Å². The van der Waals surface area contributed by atoms with E-state index in [0.717, 1.165) is 0 Å². The van der Waals surface area contributed by atoms with E-state index in [9.17, 15) is 4.79 Å². The lowest BCUT2D eigenvalue weighted by molar-refractivity contribution is 0.988. The molecule has 1 rings (SSSR count). The number of aromatic amines is 1. The average Bonchev–Trinajstić information content (AvgIpc) is 1.89. The van der Waals surface area contributed by atoms with Gasteiger partial charge in [0.05, 0.1) is 0 Å². The monoisotopic (exact) mass is 141 g/mol. The molecule has 0 aliphatic heterocycles. The predicted octanol–water partition coefficient (Wildman–Crippen LogP) is 0.728. The lowest BCUT2D eigenvalue weighted by Gasteiger charge is -1.84. The van der Waals surface area contributed by atoms with Crippen molar-refractivity contribution in [3.8, 4) is 0 Å². The van der Waals surface area contributed by atoms with Gasteiger partial charge in [-0.1, -0.05) is 0 Å². The molecule has 1 heterocycles. The first-order chi connectivity index (χ1) is 4.34. The minimum absolute atomic E-state index is 0.299. The molecule has 0 saturated heterocycles. The lowest BCUT2D eigenvalue weighted by atomic mass is 10.5. The van der Waals surface area contributed by atoms with Crippen molar-refractivity contribution >= 4 is 14.7 Å². The highest BCUT2D eigenvalue weighted by Crippen LogP contribution is 2.00. The zero-order chi connectivity index (χ0) is 6.69. The second-order valence-electron chi connectivity index (χ2n) is 1.38. The fraction of sp³-hybridized carbons (Fsp3) is 0. The van der Waals surface area contributed by atoms with Crippen molar-refractivity contribution in [1.29, 1.82) is 0 Å². The van der Waals surface area contributed by atoms with Crippen molar-refractivity contribution in [2.24, 2.45) is 4.74 Å². The van der Waals surface area contributed by atoms with Gasteiger partial charge in [-0.05, 0) is 15.1 Å². The third-order valence-electron chi connectivity index (χ3n) is 0.826. The summed E-state index contributed by atoms with van der Waals surface area (Å²) in [5, 5.41) is 5.69. The van der Waals surface area contributed by atoms with Crippen LogP contribution in [0.25, 0.3) is 0 Å². The van der Waals surface area contributed by atoms with Crippen LogP contribution < -0.4 is 5.56 Å². The second-order valence-corrected chi connectivity index (χ2v) is 1.61. The number of hydrogen-bond donors (Lipinski definition) is 1. The molecule has 5 heteroatoms. The van der Waals surface area contributed by atoms with E-state index in [-0.39, 0.29) is 5.56 Å². The van der Waals surface area contributed by atoms with Gasteiger partial charge in [-0.15, -0.1) is 0 Å². The largest absolute Gasteiger partial charge is 0.290 e. The zero-order valence-corrected chi connectivity index (χ0v) is 5.46. The van der Waals surface area contributed by atoms with Gasteiger partial charge in [-0.2, -0.15) is 5.10 Å². The van der Waals surface area contributed by atoms with E-state index in [1.165, 1.54) is 12.3 Å². The zero-order valence-electron chi connectivity index (χ0n) is 4.46. The highest BCUT2D eigenvalue weighted by Gasteiger charge is 1.90. The van der Waals surface area contributed by atoms with Gasteiger partial charge in [0.25, 0.3) is 5.56 Å². The average molecular weight is 141 g/mol.